The summed E-state index contributed by atoms with van der Waals surface area (Å²) >= 11 is 4.90. The van der Waals surface area contributed by atoms with Gasteiger partial charge < -0.3 is 5.11 Å². The molecule has 0 aliphatic carbocycles. The van der Waals surface area contributed by atoms with Crippen molar-refractivity contribution in [1.29, 1.82) is 0 Å². The third kappa shape index (κ3) is 2.17. The van der Waals surface area contributed by atoms with Crippen LogP contribution in [0.4, 0.5) is 0 Å². The topological polar surface area (TPSA) is 37.3 Å². The Labute approximate surface area is 122 Å². The number of carbonyl (C=O) groups is 1. The standard InChI is InChI=1S/C15H9BrO2S/c16-10-7-5-9(6-8-10)14-13(15(17)18)11-3-1-2-4-12(11)19-14/h1-8H,(H,17,18). The molecule has 0 unspecified atom stereocenters. The molecule has 0 atom stereocenters. The Morgan fingerprint density at radius 2 is 1.74 bits per heavy atom. The summed E-state index contributed by atoms with van der Waals surface area (Å²) in [5.41, 5.74) is 1.32. The van der Waals surface area contributed by atoms with Gasteiger partial charge in [0.05, 0.1) is 10.4 Å². The van der Waals surface area contributed by atoms with E-state index in [1.165, 1.54) is 11.3 Å². The summed E-state index contributed by atoms with van der Waals surface area (Å²) in [4.78, 5) is 12.3. The number of rotatable bonds is 2. The first-order valence-electron chi connectivity index (χ1n) is 5.67. The Kier molecular flexibility index (Phi) is 3.12. The first-order valence-corrected chi connectivity index (χ1v) is 7.28. The number of hydrogen-bond acceptors (Lipinski definition) is 2. The summed E-state index contributed by atoms with van der Waals surface area (Å²) in [5.74, 6) is -0.879. The van der Waals surface area contributed by atoms with Gasteiger partial charge in [0.15, 0.2) is 0 Å². The van der Waals surface area contributed by atoms with Gasteiger partial charge in [-0.3, -0.25) is 0 Å². The van der Waals surface area contributed by atoms with Crippen molar-refractivity contribution >= 4 is 43.3 Å². The highest BCUT2D eigenvalue weighted by Gasteiger charge is 2.18. The minimum absolute atomic E-state index is 0.392. The zero-order valence-electron chi connectivity index (χ0n) is 9.76. The molecule has 0 radical (unpaired) electrons. The van der Waals surface area contributed by atoms with Crippen molar-refractivity contribution in [2.75, 3.05) is 0 Å². The second-order valence-corrected chi connectivity index (χ2v) is 6.08. The molecule has 0 aliphatic rings. The number of fused-ring (bicyclic) bond motifs is 1. The maximum Gasteiger partial charge on any atom is 0.337 e. The van der Waals surface area contributed by atoms with Crippen LogP contribution in [0.1, 0.15) is 10.4 Å². The third-order valence-electron chi connectivity index (χ3n) is 2.92. The molecule has 0 saturated carbocycles. The second-order valence-electron chi connectivity index (χ2n) is 4.11. The molecule has 1 N–H and O–H groups in total. The molecule has 3 aromatic rings. The molecule has 0 saturated heterocycles. The monoisotopic (exact) mass is 332 g/mol. The van der Waals surface area contributed by atoms with E-state index in [1.54, 1.807) is 0 Å². The van der Waals surface area contributed by atoms with Crippen molar-refractivity contribution < 1.29 is 9.90 Å². The molecule has 19 heavy (non-hydrogen) atoms. The predicted octanol–water partition coefficient (Wildman–Crippen LogP) is 5.03. The van der Waals surface area contributed by atoms with Gasteiger partial charge in [0, 0.05) is 14.6 Å². The maximum atomic E-state index is 11.5. The fourth-order valence-corrected chi connectivity index (χ4v) is 3.53. The van der Waals surface area contributed by atoms with Crippen molar-refractivity contribution in [1.82, 2.24) is 0 Å². The average Bonchev–Trinajstić information content (AvgIpc) is 2.78. The molecular weight excluding hydrogens is 324 g/mol. The largest absolute Gasteiger partial charge is 0.478 e. The SMILES string of the molecule is O=C(O)c1c(-c2ccc(Br)cc2)sc2ccccc12. The smallest absolute Gasteiger partial charge is 0.337 e. The molecule has 0 bridgehead atoms. The van der Waals surface area contributed by atoms with Crippen LogP contribution in [0.25, 0.3) is 20.5 Å². The summed E-state index contributed by atoms with van der Waals surface area (Å²) in [6, 6.07) is 15.3. The van der Waals surface area contributed by atoms with E-state index < -0.39 is 5.97 Å². The lowest BCUT2D eigenvalue weighted by Crippen LogP contribution is -1.96. The molecule has 94 valence electrons. The van der Waals surface area contributed by atoms with Gasteiger partial charge in [-0.15, -0.1) is 11.3 Å². The van der Waals surface area contributed by atoms with Crippen LogP contribution < -0.4 is 0 Å². The van der Waals surface area contributed by atoms with Crippen LogP contribution in [0.5, 0.6) is 0 Å². The van der Waals surface area contributed by atoms with E-state index in [4.69, 9.17) is 0 Å². The Morgan fingerprint density at radius 1 is 1.05 bits per heavy atom. The van der Waals surface area contributed by atoms with Crippen LogP contribution in [0.15, 0.2) is 53.0 Å². The summed E-state index contributed by atoms with van der Waals surface area (Å²) in [5, 5.41) is 10.3. The quantitative estimate of drug-likeness (QED) is 0.714. The Hall–Kier alpha value is -1.65. The van der Waals surface area contributed by atoms with E-state index in [-0.39, 0.29) is 0 Å². The molecule has 1 aromatic heterocycles. The van der Waals surface area contributed by atoms with Gasteiger partial charge in [0.2, 0.25) is 0 Å². The van der Waals surface area contributed by atoms with Gasteiger partial charge in [0.25, 0.3) is 0 Å². The van der Waals surface area contributed by atoms with Crippen molar-refractivity contribution in [3.05, 3.63) is 58.6 Å². The Bertz CT molecular complexity index is 759. The molecular formula is C15H9BrO2S. The van der Waals surface area contributed by atoms with E-state index in [1.807, 2.05) is 48.5 Å². The second kappa shape index (κ2) is 4.79. The lowest BCUT2D eigenvalue weighted by Gasteiger charge is -2.00. The van der Waals surface area contributed by atoms with Gasteiger partial charge in [-0.1, -0.05) is 46.3 Å². The fraction of sp³-hybridized carbons (Fsp3) is 0. The van der Waals surface area contributed by atoms with Gasteiger partial charge in [-0.2, -0.15) is 0 Å². The number of hydrogen-bond donors (Lipinski definition) is 1. The predicted molar refractivity (Wildman–Crippen MR) is 81.9 cm³/mol. The molecule has 0 fully saturated rings. The number of benzene rings is 2. The summed E-state index contributed by atoms with van der Waals surface area (Å²) in [6.07, 6.45) is 0. The van der Waals surface area contributed by atoms with Gasteiger partial charge in [-0.25, -0.2) is 4.79 Å². The van der Waals surface area contributed by atoms with Crippen molar-refractivity contribution in [3.8, 4) is 10.4 Å². The maximum absolute atomic E-state index is 11.5. The highest BCUT2D eigenvalue weighted by atomic mass is 79.9. The molecule has 1 heterocycles. The van der Waals surface area contributed by atoms with Crippen LogP contribution in [0.3, 0.4) is 0 Å². The lowest BCUT2D eigenvalue weighted by molar-refractivity contribution is 0.0700. The molecule has 0 amide bonds. The normalized spacial score (nSPS) is 10.8. The van der Waals surface area contributed by atoms with Crippen LogP contribution >= 0.6 is 27.3 Å². The fourth-order valence-electron chi connectivity index (χ4n) is 2.06. The number of thiophene rings is 1. The lowest BCUT2D eigenvalue weighted by atomic mass is 10.1. The third-order valence-corrected chi connectivity index (χ3v) is 4.66. The zero-order valence-corrected chi connectivity index (χ0v) is 12.2. The van der Waals surface area contributed by atoms with Crippen LogP contribution in [-0.4, -0.2) is 11.1 Å². The Morgan fingerprint density at radius 3 is 2.42 bits per heavy atom. The number of carboxylic acid groups (broad SMARTS) is 1. The van der Waals surface area contributed by atoms with E-state index in [0.29, 0.717) is 5.56 Å². The first-order chi connectivity index (χ1) is 9.16. The molecule has 3 rings (SSSR count). The van der Waals surface area contributed by atoms with Crippen molar-refractivity contribution in [2.24, 2.45) is 0 Å². The first kappa shape index (κ1) is 12.4. The van der Waals surface area contributed by atoms with Crippen LogP contribution in [0.2, 0.25) is 0 Å². The number of aromatic carboxylic acids is 1. The van der Waals surface area contributed by atoms with E-state index >= 15 is 0 Å². The van der Waals surface area contributed by atoms with Crippen LogP contribution in [-0.2, 0) is 0 Å². The zero-order chi connectivity index (χ0) is 13.4. The molecule has 2 nitrogen and oxygen atoms in total. The number of halogens is 1. The summed E-state index contributed by atoms with van der Waals surface area (Å²) < 4.78 is 1.98. The average molecular weight is 333 g/mol. The van der Waals surface area contributed by atoms with Gasteiger partial charge >= 0.3 is 5.97 Å². The Balaban J connectivity index is 2.31. The van der Waals surface area contributed by atoms with Gasteiger partial charge in [0.1, 0.15) is 0 Å². The highest BCUT2D eigenvalue weighted by Crippen LogP contribution is 2.38. The summed E-state index contributed by atoms with van der Waals surface area (Å²) in [7, 11) is 0. The highest BCUT2D eigenvalue weighted by molar-refractivity contribution is 9.10. The van der Waals surface area contributed by atoms with Crippen molar-refractivity contribution in [2.45, 2.75) is 0 Å². The number of carboxylic acids is 1. The van der Waals surface area contributed by atoms with Crippen LogP contribution in [0, 0.1) is 0 Å². The minimum atomic E-state index is -0.879. The summed E-state index contributed by atoms with van der Waals surface area (Å²) in [6.45, 7) is 0. The molecule has 0 aliphatic heterocycles. The van der Waals surface area contributed by atoms with Crippen molar-refractivity contribution in [3.63, 3.8) is 0 Å². The van der Waals surface area contributed by atoms with Gasteiger partial charge in [-0.05, 0) is 23.8 Å². The molecule has 2 aromatic carbocycles. The van der Waals surface area contributed by atoms with E-state index in [9.17, 15) is 9.90 Å². The van der Waals surface area contributed by atoms with E-state index in [2.05, 4.69) is 15.9 Å². The van der Waals surface area contributed by atoms with E-state index in [0.717, 1.165) is 25.0 Å². The molecule has 0 spiro atoms. The molecule has 4 heteroatoms. The minimum Gasteiger partial charge on any atom is -0.478 e.